The Labute approximate surface area is 36.7 Å². The third-order valence-electron chi connectivity index (χ3n) is 0.143. The normalized spacial score (nSPS) is 12.0. The molecule has 7 heavy (non-hydrogen) atoms. The van der Waals surface area contributed by atoms with Crippen LogP contribution in [0.15, 0.2) is 0 Å². The van der Waals surface area contributed by atoms with Crippen LogP contribution in [-0.2, 0) is 9.88 Å². The van der Waals surface area contributed by atoms with Crippen LogP contribution in [0.1, 0.15) is 0 Å². The molecular formula is CH2F3NO2. The molecule has 44 valence electrons. The molecule has 2 N–H and O–H groups in total. The molecule has 0 saturated heterocycles. The van der Waals surface area contributed by atoms with Gasteiger partial charge < -0.3 is 0 Å². The van der Waals surface area contributed by atoms with E-state index in [1.807, 2.05) is 0 Å². The lowest BCUT2D eigenvalue weighted by atomic mass is 11.4. The first-order chi connectivity index (χ1) is 3.06. The van der Waals surface area contributed by atoms with Gasteiger partial charge in [0.2, 0.25) is 0 Å². The van der Waals surface area contributed by atoms with Crippen LogP contribution >= 0.6 is 0 Å². The zero-order valence-corrected chi connectivity index (χ0v) is 3.03. The van der Waals surface area contributed by atoms with Crippen LogP contribution in [0, 0.1) is 0 Å². The van der Waals surface area contributed by atoms with Gasteiger partial charge in [-0.05, 0) is 0 Å². The fourth-order valence-corrected chi connectivity index (χ4v) is 0.0546. The zero-order valence-electron chi connectivity index (χ0n) is 3.03. The summed E-state index contributed by atoms with van der Waals surface area (Å²) in [4.78, 5) is 5.29. The van der Waals surface area contributed by atoms with E-state index in [4.69, 9.17) is 0 Å². The van der Waals surface area contributed by atoms with Crippen molar-refractivity contribution in [1.29, 1.82) is 0 Å². The minimum Gasteiger partial charge on any atom is -0.182 e. The van der Waals surface area contributed by atoms with E-state index in [1.54, 1.807) is 0 Å². The van der Waals surface area contributed by atoms with Gasteiger partial charge in [0.15, 0.2) is 0 Å². The highest BCUT2D eigenvalue weighted by Gasteiger charge is 2.30. The van der Waals surface area contributed by atoms with Gasteiger partial charge >= 0.3 is 6.36 Å². The number of halogens is 3. The summed E-state index contributed by atoms with van der Waals surface area (Å²) < 4.78 is 31.9. The largest absolute Gasteiger partial charge is 0.550 e. The van der Waals surface area contributed by atoms with E-state index in [-0.39, 0.29) is 0 Å². The Balaban J connectivity index is 3.15. The molecule has 0 saturated carbocycles. The van der Waals surface area contributed by atoms with Crippen LogP contribution in [0.3, 0.4) is 0 Å². The molecule has 0 aliphatic rings. The maximum atomic E-state index is 10.6. The van der Waals surface area contributed by atoms with Crippen LogP contribution in [-0.4, -0.2) is 6.36 Å². The molecule has 0 fully saturated rings. The van der Waals surface area contributed by atoms with Crippen LogP contribution in [0.25, 0.3) is 0 Å². The molecule has 0 unspecified atom stereocenters. The first-order valence-corrected chi connectivity index (χ1v) is 1.17. The molecule has 0 aromatic rings. The summed E-state index contributed by atoms with van der Waals surface area (Å²) in [6, 6.07) is 0. The fraction of sp³-hybridized carbons (Fsp3) is 1.00. The Morgan fingerprint density at radius 3 is 1.71 bits per heavy atom. The summed E-state index contributed by atoms with van der Waals surface area (Å²) in [5.41, 5.74) is 0. The van der Waals surface area contributed by atoms with E-state index in [9.17, 15) is 13.2 Å². The van der Waals surface area contributed by atoms with Gasteiger partial charge in [0.1, 0.15) is 0 Å². The zero-order chi connectivity index (χ0) is 5.91. The molecule has 0 amide bonds. The topological polar surface area (TPSA) is 44.5 Å². The fourth-order valence-electron chi connectivity index (χ4n) is 0.0546. The van der Waals surface area contributed by atoms with Crippen molar-refractivity contribution < 1.29 is 23.0 Å². The second-order valence-electron chi connectivity index (χ2n) is 0.625. The standard InChI is InChI=1S/CH2F3NO2/c2-1(3,4)6-7-5/h5H2. The molecule has 6 heteroatoms. The summed E-state index contributed by atoms with van der Waals surface area (Å²) in [6.07, 6.45) is -4.80. The number of alkyl halides is 3. The average Bonchev–Trinajstić information content (AvgIpc) is 1.30. The summed E-state index contributed by atoms with van der Waals surface area (Å²) in [7, 11) is 0. The SMILES string of the molecule is NOOC(F)(F)F. The minimum atomic E-state index is -4.80. The van der Waals surface area contributed by atoms with Crippen molar-refractivity contribution in [2.45, 2.75) is 6.36 Å². The summed E-state index contributed by atoms with van der Waals surface area (Å²) >= 11 is 0. The molecule has 0 aromatic heterocycles. The lowest BCUT2D eigenvalue weighted by molar-refractivity contribution is -0.487. The van der Waals surface area contributed by atoms with E-state index in [0.717, 1.165) is 0 Å². The molecule has 0 aliphatic carbocycles. The van der Waals surface area contributed by atoms with Gasteiger partial charge in [-0.15, -0.1) is 23.0 Å². The van der Waals surface area contributed by atoms with Crippen molar-refractivity contribution in [3.63, 3.8) is 0 Å². The van der Waals surface area contributed by atoms with E-state index < -0.39 is 6.36 Å². The van der Waals surface area contributed by atoms with E-state index >= 15 is 0 Å². The Morgan fingerprint density at radius 2 is 1.71 bits per heavy atom. The molecular weight excluding hydrogens is 115 g/mol. The number of hydrogen-bond donors (Lipinski definition) is 1. The van der Waals surface area contributed by atoms with Crippen molar-refractivity contribution in [3.05, 3.63) is 0 Å². The van der Waals surface area contributed by atoms with Crippen LogP contribution in [0.2, 0.25) is 0 Å². The number of rotatable bonds is 1. The van der Waals surface area contributed by atoms with Gasteiger partial charge in [0.05, 0.1) is 0 Å². The van der Waals surface area contributed by atoms with Crippen molar-refractivity contribution in [2.75, 3.05) is 0 Å². The Kier molecular flexibility index (Phi) is 2.00. The number of hydrogen-bond acceptors (Lipinski definition) is 3. The van der Waals surface area contributed by atoms with E-state index in [1.165, 1.54) is 0 Å². The predicted molar refractivity (Wildman–Crippen MR) is 12.4 cm³/mol. The third kappa shape index (κ3) is 5.67. The molecule has 0 heterocycles. The summed E-state index contributed by atoms with van der Waals surface area (Å²) in [5, 5.41) is 0. The van der Waals surface area contributed by atoms with Gasteiger partial charge in [0.25, 0.3) is 0 Å². The first kappa shape index (κ1) is 6.67. The molecule has 0 bridgehead atoms. The van der Waals surface area contributed by atoms with Gasteiger partial charge in [-0.2, -0.15) is 5.90 Å². The quantitative estimate of drug-likeness (QED) is 0.397. The number of nitrogens with two attached hydrogens (primary N) is 1. The Bertz CT molecular complexity index is 51.4. The van der Waals surface area contributed by atoms with Gasteiger partial charge in [0, 0.05) is 0 Å². The lowest BCUT2D eigenvalue weighted by Crippen LogP contribution is -2.16. The van der Waals surface area contributed by atoms with Crippen LogP contribution in [0.5, 0.6) is 0 Å². The van der Waals surface area contributed by atoms with Crippen molar-refractivity contribution in [2.24, 2.45) is 5.90 Å². The highest BCUT2D eigenvalue weighted by atomic mass is 19.4. The molecule has 0 spiro atoms. The average molecular weight is 117 g/mol. The van der Waals surface area contributed by atoms with Crippen molar-refractivity contribution in [3.8, 4) is 0 Å². The molecule has 0 aromatic carbocycles. The second kappa shape index (κ2) is 2.10. The maximum absolute atomic E-state index is 10.6. The van der Waals surface area contributed by atoms with Gasteiger partial charge in [-0.1, -0.05) is 0 Å². The van der Waals surface area contributed by atoms with E-state index in [2.05, 4.69) is 15.8 Å². The Hall–Kier alpha value is -0.330. The Morgan fingerprint density at radius 1 is 1.29 bits per heavy atom. The lowest BCUT2D eigenvalue weighted by Gasteiger charge is -1.98. The third-order valence-corrected chi connectivity index (χ3v) is 0.143. The predicted octanol–water partition coefficient (Wildman–Crippen LogP) is 0.328. The molecule has 0 radical (unpaired) electrons. The highest BCUT2D eigenvalue weighted by molar-refractivity contribution is 4.11. The van der Waals surface area contributed by atoms with Crippen molar-refractivity contribution >= 4 is 0 Å². The summed E-state index contributed by atoms with van der Waals surface area (Å²) in [6.45, 7) is 0. The van der Waals surface area contributed by atoms with E-state index in [0.29, 0.717) is 0 Å². The maximum Gasteiger partial charge on any atom is 0.550 e. The van der Waals surface area contributed by atoms with Crippen LogP contribution < -0.4 is 5.90 Å². The molecule has 0 rings (SSSR count). The monoisotopic (exact) mass is 117 g/mol. The highest BCUT2D eigenvalue weighted by Crippen LogP contribution is 2.14. The second-order valence-corrected chi connectivity index (χ2v) is 0.625. The summed E-state index contributed by atoms with van der Waals surface area (Å²) in [5.74, 6) is 3.87. The van der Waals surface area contributed by atoms with Gasteiger partial charge in [-0.25, -0.2) is 0 Å². The molecule has 3 nitrogen and oxygen atoms in total. The van der Waals surface area contributed by atoms with Crippen LogP contribution in [0.4, 0.5) is 13.2 Å². The molecule has 0 atom stereocenters. The smallest absolute Gasteiger partial charge is 0.182 e. The van der Waals surface area contributed by atoms with Gasteiger partial charge in [-0.3, -0.25) is 0 Å². The minimum absolute atomic E-state index is 2.51. The molecule has 0 aliphatic heterocycles. The first-order valence-electron chi connectivity index (χ1n) is 1.17. The van der Waals surface area contributed by atoms with Crippen molar-refractivity contribution in [1.82, 2.24) is 0 Å².